The maximum Gasteiger partial charge on any atom is 0.416 e. The van der Waals surface area contributed by atoms with Gasteiger partial charge in [0.15, 0.2) is 0 Å². The van der Waals surface area contributed by atoms with Gasteiger partial charge in [0.25, 0.3) is 0 Å². The summed E-state index contributed by atoms with van der Waals surface area (Å²) in [6.45, 7) is 5.63. The molecule has 0 aliphatic heterocycles. The minimum Gasteiger partial charge on any atom is -0.305 e. The molecule has 0 saturated heterocycles. The number of halogens is 4. The maximum absolute atomic E-state index is 12.5. The van der Waals surface area contributed by atoms with Gasteiger partial charge in [0, 0.05) is 17.6 Å². The lowest BCUT2D eigenvalue weighted by atomic mass is 10.0. The first-order valence-corrected chi connectivity index (χ1v) is 5.42. The van der Waals surface area contributed by atoms with Crippen molar-refractivity contribution < 1.29 is 13.2 Å². The van der Waals surface area contributed by atoms with E-state index in [-0.39, 0.29) is 6.04 Å². The molecule has 1 N–H and O–H groups in total. The molecule has 1 nitrogen and oxygen atoms in total. The van der Waals surface area contributed by atoms with E-state index in [1.807, 2.05) is 0 Å². The molecule has 5 heteroatoms. The Labute approximate surface area is 103 Å². The molecule has 0 aliphatic carbocycles. The van der Waals surface area contributed by atoms with Crippen molar-refractivity contribution in [3.05, 3.63) is 47.0 Å². The van der Waals surface area contributed by atoms with E-state index >= 15 is 0 Å². The third-order valence-electron chi connectivity index (χ3n) is 2.31. The Kier molecular flexibility index (Phi) is 4.60. The van der Waals surface area contributed by atoms with Crippen LogP contribution >= 0.6 is 11.6 Å². The van der Waals surface area contributed by atoms with Crippen LogP contribution in [0.3, 0.4) is 0 Å². The molecule has 1 rings (SSSR count). The smallest absolute Gasteiger partial charge is 0.305 e. The highest BCUT2D eigenvalue weighted by molar-refractivity contribution is 6.29. The molecule has 0 bridgehead atoms. The fourth-order valence-corrected chi connectivity index (χ4v) is 1.44. The molecule has 0 radical (unpaired) electrons. The summed E-state index contributed by atoms with van der Waals surface area (Å²) in [7, 11) is 0. The van der Waals surface area contributed by atoms with Crippen LogP contribution in [-0.4, -0.2) is 6.54 Å². The van der Waals surface area contributed by atoms with Gasteiger partial charge < -0.3 is 5.32 Å². The second kappa shape index (κ2) is 5.56. The molecule has 1 aromatic rings. The number of benzene rings is 1. The monoisotopic (exact) mass is 263 g/mol. The Balaban J connectivity index is 2.81. The SMILES string of the molecule is C=C(Cl)CNC(C)c1cccc(C(F)(F)F)c1. The zero-order valence-electron chi connectivity index (χ0n) is 9.31. The van der Waals surface area contributed by atoms with Crippen molar-refractivity contribution in [2.45, 2.75) is 19.1 Å². The van der Waals surface area contributed by atoms with Crippen molar-refractivity contribution in [2.24, 2.45) is 0 Å². The largest absolute Gasteiger partial charge is 0.416 e. The predicted molar refractivity (Wildman–Crippen MR) is 62.9 cm³/mol. The molecule has 1 aromatic carbocycles. The van der Waals surface area contributed by atoms with Crippen molar-refractivity contribution in [1.82, 2.24) is 5.32 Å². The van der Waals surface area contributed by atoms with Gasteiger partial charge in [-0.15, -0.1) is 0 Å². The minimum atomic E-state index is -4.31. The zero-order chi connectivity index (χ0) is 13.1. The average molecular weight is 264 g/mol. The van der Waals surface area contributed by atoms with Crippen LogP contribution < -0.4 is 5.32 Å². The van der Waals surface area contributed by atoms with Crippen LogP contribution in [-0.2, 0) is 6.18 Å². The Bertz CT molecular complexity index is 401. The van der Waals surface area contributed by atoms with E-state index in [2.05, 4.69) is 11.9 Å². The van der Waals surface area contributed by atoms with E-state index in [0.29, 0.717) is 17.1 Å². The summed E-state index contributed by atoms with van der Waals surface area (Å²) in [6, 6.07) is 5.01. The van der Waals surface area contributed by atoms with Crippen molar-refractivity contribution in [2.75, 3.05) is 6.54 Å². The minimum absolute atomic E-state index is 0.215. The first-order valence-electron chi connectivity index (χ1n) is 5.04. The number of alkyl halides is 3. The first kappa shape index (κ1) is 14.1. The molecule has 0 heterocycles. The molecule has 0 aliphatic rings. The highest BCUT2D eigenvalue weighted by Crippen LogP contribution is 2.30. The van der Waals surface area contributed by atoms with E-state index in [4.69, 9.17) is 11.6 Å². The Morgan fingerprint density at radius 3 is 2.65 bits per heavy atom. The fourth-order valence-electron chi connectivity index (χ4n) is 1.37. The van der Waals surface area contributed by atoms with Crippen molar-refractivity contribution in [1.29, 1.82) is 0 Å². The molecule has 17 heavy (non-hydrogen) atoms. The molecular weight excluding hydrogens is 251 g/mol. The van der Waals surface area contributed by atoms with Crippen LogP contribution in [0.1, 0.15) is 24.1 Å². The van der Waals surface area contributed by atoms with E-state index in [1.54, 1.807) is 13.0 Å². The third-order valence-corrected chi connectivity index (χ3v) is 2.45. The lowest BCUT2D eigenvalue weighted by molar-refractivity contribution is -0.137. The van der Waals surface area contributed by atoms with Gasteiger partial charge in [-0.05, 0) is 24.6 Å². The molecule has 0 spiro atoms. The molecule has 0 fully saturated rings. The van der Waals surface area contributed by atoms with E-state index < -0.39 is 11.7 Å². The standard InChI is InChI=1S/C12H13ClF3N/c1-8(13)7-17-9(2)10-4-3-5-11(6-10)12(14,15)16/h3-6,9,17H,1,7H2,2H3. The van der Waals surface area contributed by atoms with Crippen molar-refractivity contribution in [3.63, 3.8) is 0 Å². The fraction of sp³-hybridized carbons (Fsp3) is 0.333. The third kappa shape index (κ3) is 4.40. The van der Waals surface area contributed by atoms with Gasteiger partial charge in [0.05, 0.1) is 5.56 Å². The Hall–Kier alpha value is -1.00. The Morgan fingerprint density at radius 2 is 2.12 bits per heavy atom. The van der Waals surface area contributed by atoms with Crippen LogP contribution in [0.15, 0.2) is 35.9 Å². The predicted octanol–water partition coefficient (Wildman–Crippen LogP) is 4.11. The van der Waals surface area contributed by atoms with Crippen LogP contribution in [0.5, 0.6) is 0 Å². The van der Waals surface area contributed by atoms with Gasteiger partial charge in [-0.3, -0.25) is 0 Å². The highest BCUT2D eigenvalue weighted by Gasteiger charge is 2.30. The molecule has 1 unspecified atom stereocenters. The maximum atomic E-state index is 12.5. The highest BCUT2D eigenvalue weighted by atomic mass is 35.5. The number of nitrogens with one attached hydrogen (secondary N) is 1. The van der Waals surface area contributed by atoms with Crippen molar-refractivity contribution in [3.8, 4) is 0 Å². The summed E-state index contributed by atoms with van der Waals surface area (Å²) in [5, 5.41) is 3.40. The Morgan fingerprint density at radius 1 is 1.47 bits per heavy atom. The van der Waals surface area contributed by atoms with Crippen molar-refractivity contribution >= 4 is 11.6 Å². The van der Waals surface area contributed by atoms with Gasteiger partial charge in [-0.1, -0.05) is 30.3 Å². The van der Waals surface area contributed by atoms with Crippen LogP contribution in [0.25, 0.3) is 0 Å². The molecule has 94 valence electrons. The van der Waals surface area contributed by atoms with Gasteiger partial charge in [-0.2, -0.15) is 13.2 Å². The summed E-state index contributed by atoms with van der Waals surface area (Å²) >= 11 is 5.58. The summed E-state index contributed by atoms with van der Waals surface area (Å²) < 4.78 is 37.5. The summed E-state index contributed by atoms with van der Waals surface area (Å²) in [6.07, 6.45) is -4.31. The topological polar surface area (TPSA) is 12.0 Å². The summed E-state index contributed by atoms with van der Waals surface area (Å²) in [4.78, 5) is 0. The molecule has 0 amide bonds. The van der Waals surface area contributed by atoms with Crippen LogP contribution in [0, 0.1) is 0 Å². The molecule has 0 saturated carbocycles. The van der Waals surface area contributed by atoms with Gasteiger partial charge in [0.2, 0.25) is 0 Å². The molecule has 0 aromatic heterocycles. The average Bonchev–Trinajstić information content (AvgIpc) is 2.25. The quantitative estimate of drug-likeness (QED) is 0.862. The van der Waals surface area contributed by atoms with Gasteiger partial charge in [0.1, 0.15) is 0 Å². The number of hydrogen-bond acceptors (Lipinski definition) is 1. The van der Waals surface area contributed by atoms with E-state index in [9.17, 15) is 13.2 Å². The first-order chi connectivity index (χ1) is 7.80. The molecule has 1 atom stereocenters. The second-order valence-electron chi connectivity index (χ2n) is 3.74. The zero-order valence-corrected chi connectivity index (χ0v) is 10.1. The van der Waals surface area contributed by atoms with Crippen LogP contribution in [0.4, 0.5) is 13.2 Å². The van der Waals surface area contributed by atoms with Crippen LogP contribution in [0.2, 0.25) is 0 Å². The molecular formula is C12H13ClF3N. The summed E-state index contributed by atoms with van der Waals surface area (Å²) in [5.74, 6) is 0. The van der Waals surface area contributed by atoms with Gasteiger partial charge in [-0.25, -0.2) is 0 Å². The van der Waals surface area contributed by atoms with E-state index in [1.165, 1.54) is 6.07 Å². The number of hydrogen-bond donors (Lipinski definition) is 1. The van der Waals surface area contributed by atoms with Gasteiger partial charge >= 0.3 is 6.18 Å². The summed E-state index contributed by atoms with van der Waals surface area (Å²) in [5.41, 5.74) is -0.0777. The lowest BCUT2D eigenvalue weighted by Gasteiger charge is -2.15. The van der Waals surface area contributed by atoms with E-state index in [0.717, 1.165) is 12.1 Å². The normalized spacial score (nSPS) is 13.5. The second-order valence-corrected chi connectivity index (χ2v) is 4.28. The lowest BCUT2D eigenvalue weighted by Crippen LogP contribution is -2.20. The number of rotatable bonds is 4.